The highest BCUT2D eigenvalue weighted by molar-refractivity contribution is 5.90. The Labute approximate surface area is 145 Å². The number of furan rings is 1. The molecule has 1 amide bonds. The summed E-state index contributed by atoms with van der Waals surface area (Å²) in [4.78, 5) is 12.1. The van der Waals surface area contributed by atoms with Crippen molar-refractivity contribution >= 4 is 16.9 Å². The summed E-state index contributed by atoms with van der Waals surface area (Å²) in [5.74, 6) is 0.211. The Balaban J connectivity index is 1.74. The molecule has 3 rings (SSSR count). The number of fused-ring (bicyclic) bond motifs is 1. The first-order chi connectivity index (χ1) is 12.1. The fourth-order valence-corrected chi connectivity index (χ4v) is 2.59. The quantitative estimate of drug-likeness (QED) is 0.662. The molecule has 0 aliphatic rings. The second kappa shape index (κ2) is 7.48. The van der Waals surface area contributed by atoms with Crippen LogP contribution in [0.25, 0.3) is 22.6 Å². The molecule has 0 spiro atoms. The molecule has 132 valence electrons. The number of carbonyl (C=O) groups is 1. The topological polar surface area (TPSA) is 90.4 Å². The van der Waals surface area contributed by atoms with Crippen molar-refractivity contribution in [3.05, 3.63) is 35.2 Å². The number of aryl methyl sites for hydroxylation is 2. The van der Waals surface area contributed by atoms with Gasteiger partial charge >= 0.3 is 11.8 Å². The van der Waals surface area contributed by atoms with Gasteiger partial charge in [0.15, 0.2) is 5.76 Å². The van der Waals surface area contributed by atoms with Crippen molar-refractivity contribution in [2.75, 3.05) is 19.8 Å². The van der Waals surface area contributed by atoms with Crippen LogP contribution in [0.4, 0.5) is 0 Å². The number of aromatic nitrogens is 2. The van der Waals surface area contributed by atoms with Crippen molar-refractivity contribution in [2.45, 2.75) is 27.2 Å². The van der Waals surface area contributed by atoms with Gasteiger partial charge < -0.3 is 18.9 Å². The first-order valence-corrected chi connectivity index (χ1v) is 8.30. The molecule has 2 heterocycles. The number of nitrogens with zero attached hydrogens (tertiary/aromatic N) is 2. The highest BCUT2D eigenvalue weighted by Gasteiger charge is 2.21. The molecule has 0 atom stereocenters. The lowest BCUT2D eigenvalue weighted by atomic mass is 10.1. The van der Waals surface area contributed by atoms with Crippen molar-refractivity contribution in [3.8, 4) is 11.7 Å². The van der Waals surface area contributed by atoms with E-state index in [-0.39, 0.29) is 11.8 Å². The number of hydrogen-bond donors (Lipinski definition) is 1. The standard InChI is InChI=1S/C18H21N3O4/c1-4-23-10-6-9-19-16(22)18-21-20-17(25-18)15-12(3)13-8-5-7-11(2)14(13)24-15/h5,7-8H,4,6,9-10H2,1-3H3,(H,19,22). The minimum Gasteiger partial charge on any atom is -0.450 e. The van der Waals surface area contributed by atoms with E-state index in [1.54, 1.807) is 0 Å². The van der Waals surface area contributed by atoms with Crippen LogP contribution in [0.1, 0.15) is 35.2 Å². The molecule has 7 nitrogen and oxygen atoms in total. The predicted molar refractivity (Wildman–Crippen MR) is 92.4 cm³/mol. The van der Waals surface area contributed by atoms with Crippen LogP contribution in [-0.4, -0.2) is 35.9 Å². The van der Waals surface area contributed by atoms with Gasteiger partial charge in [0.1, 0.15) is 5.58 Å². The maximum Gasteiger partial charge on any atom is 0.308 e. The number of ether oxygens (including phenoxy) is 1. The smallest absolute Gasteiger partial charge is 0.308 e. The number of rotatable bonds is 7. The van der Waals surface area contributed by atoms with Crippen LogP contribution in [0.2, 0.25) is 0 Å². The fourth-order valence-electron chi connectivity index (χ4n) is 2.59. The van der Waals surface area contributed by atoms with E-state index in [0.717, 1.165) is 28.5 Å². The van der Waals surface area contributed by atoms with Crippen molar-refractivity contribution in [2.24, 2.45) is 0 Å². The molecule has 7 heteroatoms. The first-order valence-electron chi connectivity index (χ1n) is 8.30. The zero-order valence-corrected chi connectivity index (χ0v) is 14.6. The number of amides is 1. The van der Waals surface area contributed by atoms with Gasteiger partial charge in [-0.1, -0.05) is 18.2 Å². The van der Waals surface area contributed by atoms with E-state index in [2.05, 4.69) is 15.5 Å². The molecule has 1 N–H and O–H groups in total. The molecule has 0 saturated heterocycles. The van der Waals surface area contributed by atoms with Crippen molar-refractivity contribution in [1.29, 1.82) is 0 Å². The van der Waals surface area contributed by atoms with Crippen LogP contribution < -0.4 is 5.32 Å². The molecule has 3 aromatic rings. The summed E-state index contributed by atoms with van der Waals surface area (Å²) in [6.45, 7) is 7.59. The lowest BCUT2D eigenvalue weighted by Crippen LogP contribution is -2.25. The third-order valence-electron chi connectivity index (χ3n) is 3.93. The highest BCUT2D eigenvalue weighted by Crippen LogP contribution is 2.33. The van der Waals surface area contributed by atoms with E-state index >= 15 is 0 Å². The SMILES string of the molecule is CCOCCCNC(=O)c1nnc(-c2oc3c(C)cccc3c2C)o1. The maximum absolute atomic E-state index is 12.1. The van der Waals surface area contributed by atoms with E-state index in [0.29, 0.717) is 25.5 Å². The largest absolute Gasteiger partial charge is 0.450 e. The highest BCUT2D eigenvalue weighted by atomic mass is 16.5. The van der Waals surface area contributed by atoms with Crippen LogP contribution in [0.5, 0.6) is 0 Å². The molecule has 0 fully saturated rings. The molecule has 0 saturated carbocycles. The van der Waals surface area contributed by atoms with Crippen LogP contribution in [0, 0.1) is 13.8 Å². The third-order valence-corrected chi connectivity index (χ3v) is 3.93. The summed E-state index contributed by atoms with van der Waals surface area (Å²) >= 11 is 0. The van der Waals surface area contributed by atoms with E-state index in [1.807, 2.05) is 39.0 Å². The normalized spacial score (nSPS) is 11.2. The third kappa shape index (κ3) is 3.56. The van der Waals surface area contributed by atoms with Gasteiger partial charge in [0.25, 0.3) is 5.89 Å². The Morgan fingerprint density at radius 2 is 2.08 bits per heavy atom. The summed E-state index contributed by atoms with van der Waals surface area (Å²) in [7, 11) is 0. The molecule has 0 bridgehead atoms. The van der Waals surface area contributed by atoms with Gasteiger partial charge in [0.05, 0.1) is 0 Å². The van der Waals surface area contributed by atoms with Gasteiger partial charge in [0, 0.05) is 30.7 Å². The van der Waals surface area contributed by atoms with E-state index in [4.69, 9.17) is 13.6 Å². The molecule has 0 aliphatic heterocycles. The van der Waals surface area contributed by atoms with Crippen LogP contribution in [-0.2, 0) is 4.74 Å². The summed E-state index contributed by atoms with van der Waals surface area (Å²) < 4.78 is 16.6. The molecule has 0 radical (unpaired) electrons. The van der Waals surface area contributed by atoms with Crippen molar-refractivity contribution in [3.63, 3.8) is 0 Å². The second-order valence-electron chi connectivity index (χ2n) is 5.73. The van der Waals surface area contributed by atoms with Crippen LogP contribution in [0.3, 0.4) is 0 Å². The van der Waals surface area contributed by atoms with Gasteiger partial charge in [-0.2, -0.15) is 0 Å². The predicted octanol–water partition coefficient (Wildman–Crippen LogP) is 3.26. The number of benzene rings is 1. The number of para-hydroxylation sites is 1. The first kappa shape index (κ1) is 17.2. The van der Waals surface area contributed by atoms with Gasteiger partial charge in [-0.05, 0) is 32.8 Å². The number of nitrogens with one attached hydrogen (secondary N) is 1. The number of carbonyl (C=O) groups excluding carboxylic acids is 1. The Morgan fingerprint density at radius 3 is 2.84 bits per heavy atom. The Hall–Kier alpha value is -2.67. The van der Waals surface area contributed by atoms with Crippen LogP contribution >= 0.6 is 0 Å². The van der Waals surface area contributed by atoms with E-state index in [1.165, 1.54) is 0 Å². The number of hydrogen-bond acceptors (Lipinski definition) is 6. The van der Waals surface area contributed by atoms with Crippen molar-refractivity contribution in [1.82, 2.24) is 15.5 Å². The molecule has 25 heavy (non-hydrogen) atoms. The average Bonchev–Trinajstić information content (AvgIpc) is 3.21. The molecule has 0 unspecified atom stereocenters. The van der Waals surface area contributed by atoms with Gasteiger partial charge in [-0.15, -0.1) is 10.2 Å². The summed E-state index contributed by atoms with van der Waals surface area (Å²) in [5.41, 5.74) is 2.72. The fraction of sp³-hybridized carbons (Fsp3) is 0.389. The maximum atomic E-state index is 12.1. The molecule has 2 aromatic heterocycles. The summed E-state index contributed by atoms with van der Waals surface area (Å²) in [5, 5.41) is 11.5. The lowest BCUT2D eigenvalue weighted by molar-refractivity contribution is 0.0910. The van der Waals surface area contributed by atoms with Crippen molar-refractivity contribution < 1.29 is 18.4 Å². The monoisotopic (exact) mass is 343 g/mol. The molecule has 1 aromatic carbocycles. The minimum atomic E-state index is -0.403. The summed E-state index contributed by atoms with van der Waals surface area (Å²) in [6.07, 6.45) is 0.725. The van der Waals surface area contributed by atoms with Gasteiger partial charge in [-0.3, -0.25) is 4.79 Å². The lowest BCUT2D eigenvalue weighted by Gasteiger charge is -2.02. The zero-order chi connectivity index (χ0) is 17.8. The minimum absolute atomic E-state index is 0.0806. The van der Waals surface area contributed by atoms with Gasteiger partial charge in [-0.25, -0.2) is 0 Å². The van der Waals surface area contributed by atoms with Gasteiger partial charge in [0.2, 0.25) is 0 Å². The van der Waals surface area contributed by atoms with E-state index in [9.17, 15) is 4.79 Å². The molecular weight excluding hydrogens is 322 g/mol. The second-order valence-corrected chi connectivity index (χ2v) is 5.73. The molecular formula is C18H21N3O4. The Kier molecular flexibility index (Phi) is 5.14. The zero-order valence-electron chi connectivity index (χ0n) is 14.6. The van der Waals surface area contributed by atoms with E-state index < -0.39 is 5.91 Å². The Bertz CT molecular complexity index is 882. The Morgan fingerprint density at radius 1 is 1.24 bits per heavy atom. The summed E-state index contributed by atoms with van der Waals surface area (Å²) in [6, 6.07) is 5.93. The average molecular weight is 343 g/mol. The molecule has 0 aliphatic carbocycles. The van der Waals surface area contributed by atoms with Crippen LogP contribution in [0.15, 0.2) is 27.0 Å².